The van der Waals surface area contributed by atoms with Crippen LogP contribution in [-0.4, -0.2) is 9.78 Å². The molecular weight excluding hydrogens is 195 g/mol. The Morgan fingerprint density at radius 3 is 2.42 bits per heavy atom. The normalized spacial score (nSPS) is 10.1. The Balaban J connectivity index is 0.00000121. The molecule has 0 atom stereocenters. The molecule has 0 amide bonds. The first kappa shape index (κ1) is 11.8. The monoisotopic (exact) mass is 208 g/mol. The van der Waals surface area contributed by atoms with Crippen LogP contribution in [-0.2, 0) is 5.88 Å². The van der Waals surface area contributed by atoms with Crippen molar-refractivity contribution in [1.29, 1.82) is 0 Å². The second-order valence-corrected chi connectivity index (χ2v) is 3.21. The summed E-state index contributed by atoms with van der Waals surface area (Å²) in [6.45, 7) is 6.19. The van der Waals surface area contributed by atoms with E-state index in [-0.39, 0.29) is 12.4 Å². The van der Waals surface area contributed by atoms with Crippen molar-refractivity contribution in [3.05, 3.63) is 17.5 Å². The predicted octanol–water partition coefficient (Wildman–Crippen LogP) is 2.93. The number of alkyl halides is 1. The molecule has 4 heteroatoms. The summed E-state index contributed by atoms with van der Waals surface area (Å²) in [5.74, 6) is 0.554. The highest BCUT2D eigenvalue weighted by Gasteiger charge is 2.04. The SMILES string of the molecule is Cc1nn(C(C)C)cc1CCl.Cl. The molecule has 0 radical (unpaired) electrons. The van der Waals surface area contributed by atoms with Gasteiger partial charge in [-0.1, -0.05) is 0 Å². The van der Waals surface area contributed by atoms with Gasteiger partial charge in [0.25, 0.3) is 0 Å². The maximum absolute atomic E-state index is 5.70. The molecule has 0 N–H and O–H groups in total. The van der Waals surface area contributed by atoms with Crippen LogP contribution in [0.3, 0.4) is 0 Å². The van der Waals surface area contributed by atoms with Crippen molar-refractivity contribution in [3.8, 4) is 0 Å². The lowest BCUT2D eigenvalue weighted by atomic mass is 10.3. The first-order chi connectivity index (χ1) is 5.15. The highest BCUT2D eigenvalue weighted by molar-refractivity contribution is 6.17. The number of hydrogen-bond donors (Lipinski definition) is 0. The van der Waals surface area contributed by atoms with Gasteiger partial charge in [-0.05, 0) is 20.8 Å². The quantitative estimate of drug-likeness (QED) is 0.684. The van der Waals surface area contributed by atoms with Gasteiger partial charge in [-0.25, -0.2) is 0 Å². The Hall–Kier alpha value is -0.210. The number of nitrogens with zero attached hydrogens (tertiary/aromatic N) is 2. The van der Waals surface area contributed by atoms with Gasteiger partial charge in [0.1, 0.15) is 0 Å². The van der Waals surface area contributed by atoms with Crippen molar-refractivity contribution in [2.45, 2.75) is 32.7 Å². The molecule has 1 heterocycles. The van der Waals surface area contributed by atoms with Gasteiger partial charge >= 0.3 is 0 Å². The summed E-state index contributed by atoms with van der Waals surface area (Å²) in [7, 11) is 0. The summed E-state index contributed by atoms with van der Waals surface area (Å²) < 4.78 is 1.94. The molecule has 0 fully saturated rings. The Bertz CT molecular complexity index is 243. The molecule has 2 nitrogen and oxygen atoms in total. The van der Waals surface area contributed by atoms with Gasteiger partial charge < -0.3 is 0 Å². The summed E-state index contributed by atoms with van der Waals surface area (Å²) in [6, 6.07) is 0.422. The topological polar surface area (TPSA) is 17.8 Å². The van der Waals surface area contributed by atoms with E-state index in [1.54, 1.807) is 0 Å². The van der Waals surface area contributed by atoms with Crippen molar-refractivity contribution in [3.63, 3.8) is 0 Å². The van der Waals surface area contributed by atoms with E-state index >= 15 is 0 Å². The fourth-order valence-electron chi connectivity index (χ4n) is 0.915. The first-order valence-corrected chi connectivity index (χ1v) is 4.29. The fourth-order valence-corrected chi connectivity index (χ4v) is 1.18. The van der Waals surface area contributed by atoms with Crippen molar-refractivity contribution in [2.75, 3.05) is 0 Å². The maximum atomic E-state index is 5.70. The maximum Gasteiger partial charge on any atom is 0.0637 e. The largest absolute Gasteiger partial charge is 0.270 e. The van der Waals surface area contributed by atoms with Gasteiger partial charge in [-0.3, -0.25) is 4.68 Å². The molecular formula is C8H14Cl2N2. The first-order valence-electron chi connectivity index (χ1n) is 3.75. The molecule has 12 heavy (non-hydrogen) atoms. The van der Waals surface area contributed by atoms with Gasteiger partial charge in [0.15, 0.2) is 0 Å². The molecule has 1 rings (SSSR count). The van der Waals surface area contributed by atoms with E-state index in [1.165, 1.54) is 0 Å². The van der Waals surface area contributed by atoms with Gasteiger partial charge in [-0.2, -0.15) is 5.10 Å². The summed E-state index contributed by atoms with van der Waals surface area (Å²) in [5.41, 5.74) is 2.16. The minimum absolute atomic E-state index is 0. The van der Waals surface area contributed by atoms with Crippen LogP contribution in [0.25, 0.3) is 0 Å². The number of rotatable bonds is 2. The standard InChI is InChI=1S/C8H13ClN2.ClH/c1-6(2)11-5-8(4-9)7(3)10-11;/h5-6H,4H2,1-3H3;1H. The Kier molecular flexibility index (Phi) is 4.64. The van der Waals surface area contributed by atoms with Crippen molar-refractivity contribution in [1.82, 2.24) is 9.78 Å². The number of halogens is 2. The average molecular weight is 209 g/mol. The van der Waals surface area contributed by atoms with Crippen LogP contribution in [0.2, 0.25) is 0 Å². The summed E-state index contributed by atoms with van der Waals surface area (Å²) in [6.07, 6.45) is 2.01. The van der Waals surface area contributed by atoms with Gasteiger partial charge in [0.2, 0.25) is 0 Å². The van der Waals surface area contributed by atoms with E-state index in [1.807, 2.05) is 17.8 Å². The molecule has 0 saturated carbocycles. The third-order valence-electron chi connectivity index (χ3n) is 1.69. The van der Waals surface area contributed by atoms with Crippen LogP contribution in [0.5, 0.6) is 0 Å². The smallest absolute Gasteiger partial charge is 0.0637 e. The predicted molar refractivity (Wildman–Crippen MR) is 54.2 cm³/mol. The van der Waals surface area contributed by atoms with E-state index in [9.17, 15) is 0 Å². The second-order valence-electron chi connectivity index (χ2n) is 2.95. The zero-order chi connectivity index (χ0) is 8.43. The Labute approximate surface area is 84.3 Å². The zero-order valence-corrected chi connectivity index (χ0v) is 9.11. The van der Waals surface area contributed by atoms with Crippen LogP contribution in [0.4, 0.5) is 0 Å². The Morgan fingerprint density at radius 2 is 2.17 bits per heavy atom. The lowest BCUT2D eigenvalue weighted by Crippen LogP contribution is -2.00. The molecule has 0 bridgehead atoms. The Morgan fingerprint density at radius 1 is 1.58 bits per heavy atom. The molecule has 0 saturated heterocycles. The van der Waals surface area contributed by atoms with E-state index in [4.69, 9.17) is 11.6 Å². The third-order valence-corrected chi connectivity index (χ3v) is 1.98. The molecule has 0 spiro atoms. The van der Waals surface area contributed by atoms with E-state index in [2.05, 4.69) is 18.9 Å². The minimum Gasteiger partial charge on any atom is -0.270 e. The highest BCUT2D eigenvalue weighted by Crippen LogP contribution is 2.11. The molecule has 0 aliphatic heterocycles. The molecule has 0 aromatic carbocycles. The molecule has 0 unspecified atom stereocenters. The van der Waals surface area contributed by atoms with Gasteiger partial charge in [0.05, 0.1) is 11.6 Å². The molecule has 0 aliphatic carbocycles. The lowest BCUT2D eigenvalue weighted by Gasteiger charge is -2.02. The number of aryl methyl sites for hydroxylation is 1. The summed E-state index contributed by atoms with van der Waals surface area (Å²) in [4.78, 5) is 0. The number of hydrogen-bond acceptors (Lipinski definition) is 1. The molecule has 0 aliphatic rings. The second kappa shape index (κ2) is 4.73. The van der Waals surface area contributed by atoms with E-state index < -0.39 is 0 Å². The fraction of sp³-hybridized carbons (Fsp3) is 0.625. The van der Waals surface area contributed by atoms with Gasteiger partial charge in [0, 0.05) is 17.8 Å². The average Bonchev–Trinajstić information content (AvgIpc) is 2.31. The van der Waals surface area contributed by atoms with E-state index in [0.29, 0.717) is 11.9 Å². The summed E-state index contributed by atoms with van der Waals surface area (Å²) in [5, 5.41) is 4.31. The van der Waals surface area contributed by atoms with Gasteiger partial charge in [-0.15, -0.1) is 24.0 Å². The van der Waals surface area contributed by atoms with Crippen LogP contribution >= 0.6 is 24.0 Å². The lowest BCUT2D eigenvalue weighted by molar-refractivity contribution is 0.529. The molecule has 70 valence electrons. The molecule has 1 aromatic rings. The zero-order valence-electron chi connectivity index (χ0n) is 7.54. The minimum atomic E-state index is 0. The third kappa shape index (κ3) is 2.39. The van der Waals surface area contributed by atoms with Crippen molar-refractivity contribution < 1.29 is 0 Å². The highest BCUT2D eigenvalue weighted by atomic mass is 35.5. The van der Waals surface area contributed by atoms with Crippen LogP contribution in [0.15, 0.2) is 6.20 Å². The van der Waals surface area contributed by atoms with Crippen LogP contribution in [0, 0.1) is 6.92 Å². The molecule has 1 aromatic heterocycles. The van der Waals surface area contributed by atoms with E-state index in [0.717, 1.165) is 11.3 Å². The van der Waals surface area contributed by atoms with Crippen LogP contribution < -0.4 is 0 Å². The van der Waals surface area contributed by atoms with Crippen LogP contribution in [0.1, 0.15) is 31.1 Å². The number of aromatic nitrogens is 2. The van der Waals surface area contributed by atoms with Crippen molar-refractivity contribution in [2.24, 2.45) is 0 Å². The van der Waals surface area contributed by atoms with Crippen molar-refractivity contribution >= 4 is 24.0 Å². The summed E-state index contributed by atoms with van der Waals surface area (Å²) >= 11 is 5.70.